The zero-order valence-electron chi connectivity index (χ0n) is 15.4. The monoisotopic (exact) mass is 431 g/mol. The number of nitrogens with one attached hydrogen (secondary N) is 1. The van der Waals surface area contributed by atoms with Crippen LogP contribution in [0.5, 0.6) is 0 Å². The van der Waals surface area contributed by atoms with E-state index in [0.717, 1.165) is 13.0 Å². The van der Waals surface area contributed by atoms with E-state index in [2.05, 4.69) is 5.32 Å². The number of hydrogen-bond acceptors (Lipinski definition) is 2. The van der Waals surface area contributed by atoms with Gasteiger partial charge in [-0.1, -0.05) is 29.3 Å². The van der Waals surface area contributed by atoms with Crippen molar-refractivity contribution in [3.8, 4) is 11.1 Å². The maximum Gasteiger partial charge on any atom is 0.302 e. The summed E-state index contributed by atoms with van der Waals surface area (Å²) in [6.07, 6.45) is 0. The van der Waals surface area contributed by atoms with Crippen LogP contribution in [0, 0.1) is 5.82 Å². The number of carbonyl (C=O) groups is 1. The average molecular weight is 432 g/mol. The summed E-state index contributed by atoms with van der Waals surface area (Å²) in [7, 11) is 0. The first-order chi connectivity index (χ1) is 12.9. The van der Waals surface area contributed by atoms with Gasteiger partial charge in [0.25, 0.3) is 0 Å². The molecule has 1 saturated heterocycles. The molecule has 8 heteroatoms. The molecule has 1 amide bonds. The van der Waals surface area contributed by atoms with Crippen molar-refractivity contribution in [3.63, 3.8) is 0 Å². The molecule has 0 radical (unpaired) electrons. The van der Waals surface area contributed by atoms with Gasteiger partial charge in [-0.3, -0.25) is 4.79 Å². The molecule has 0 saturated carbocycles. The standard InChI is InChI=1S/C20H18Cl2F3NO2/c1-18(2)20(24,25)19(3,26-17(27)10-28-18)15-8-11(4-5-16(15)23)12-6-13(21)9-14(22)7-12/h4-9H,10H2,1-3H3,(H,26,27). The minimum atomic E-state index is -3.63. The first-order valence-electron chi connectivity index (χ1n) is 8.47. The largest absolute Gasteiger partial charge is 0.359 e. The highest BCUT2D eigenvalue weighted by molar-refractivity contribution is 6.35. The number of amides is 1. The van der Waals surface area contributed by atoms with E-state index < -0.39 is 35.4 Å². The lowest BCUT2D eigenvalue weighted by Gasteiger charge is -2.43. The van der Waals surface area contributed by atoms with Crippen LogP contribution in [-0.2, 0) is 15.1 Å². The lowest BCUT2D eigenvalue weighted by molar-refractivity contribution is -0.216. The Hall–Kier alpha value is -1.76. The summed E-state index contributed by atoms with van der Waals surface area (Å²) in [5.74, 6) is -5.27. The molecule has 2 aromatic carbocycles. The van der Waals surface area contributed by atoms with E-state index >= 15 is 8.78 Å². The van der Waals surface area contributed by atoms with Gasteiger partial charge < -0.3 is 10.1 Å². The second-order valence-corrected chi connectivity index (χ2v) is 8.27. The Kier molecular flexibility index (Phi) is 5.19. The maximum absolute atomic E-state index is 15.4. The van der Waals surface area contributed by atoms with E-state index in [-0.39, 0.29) is 5.56 Å². The van der Waals surface area contributed by atoms with Gasteiger partial charge in [-0.2, -0.15) is 0 Å². The maximum atomic E-state index is 15.4. The third-order valence-corrected chi connectivity index (χ3v) is 5.47. The third-order valence-electron chi connectivity index (χ3n) is 5.04. The molecule has 3 rings (SSSR count). The molecule has 1 unspecified atom stereocenters. The Morgan fingerprint density at radius 2 is 1.61 bits per heavy atom. The van der Waals surface area contributed by atoms with Gasteiger partial charge in [0, 0.05) is 15.6 Å². The van der Waals surface area contributed by atoms with Gasteiger partial charge in [0.15, 0.2) is 0 Å². The van der Waals surface area contributed by atoms with Crippen molar-refractivity contribution in [2.45, 2.75) is 37.8 Å². The number of hydrogen-bond donors (Lipinski definition) is 1. The van der Waals surface area contributed by atoms with Crippen molar-refractivity contribution in [1.29, 1.82) is 0 Å². The Morgan fingerprint density at radius 1 is 1.00 bits per heavy atom. The molecule has 1 atom stereocenters. The highest BCUT2D eigenvalue weighted by Gasteiger charge is 2.64. The molecule has 1 heterocycles. The SMILES string of the molecule is CC1(C)OCC(=O)NC(C)(c2cc(-c3cc(Cl)cc(Cl)c3)ccc2F)C1(F)F. The van der Waals surface area contributed by atoms with E-state index in [9.17, 15) is 9.18 Å². The summed E-state index contributed by atoms with van der Waals surface area (Å²) in [5.41, 5.74) is -3.76. The molecular weight excluding hydrogens is 414 g/mol. The molecule has 2 aromatic rings. The second-order valence-electron chi connectivity index (χ2n) is 7.40. The van der Waals surface area contributed by atoms with Gasteiger partial charge >= 0.3 is 5.92 Å². The molecule has 0 aromatic heterocycles. The summed E-state index contributed by atoms with van der Waals surface area (Å²) < 4.78 is 50.7. The minimum Gasteiger partial charge on any atom is -0.359 e. The Balaban J connectivity index is 2.22. The second kappa shape index (κ2) is 6.94. The number of rotatable bonds is 2. The van der Waals surface area contributed by atoms with Crippen molar-refractivity contribution < 1.29 is 22.7 Å². The number of ether oxygens (including phenoxy) is 1. The fraction of sp³-hybridized carbons (Fsp3) is 0.350. The third kappa shape index (κ3) is 3.38. The number of alkyl halides is 2. The van der Waals surface area contributed by atoms with Gasteiger partial charge in [-0.15, -0.1) is 0 Å². The number of carbonyl (C=O) groups excluding carboxylic acids is 1. The van der Waals surface area contributed by atoms with Crippen LogP contribution in [0.4, 0.5) is 13.2 Å². The van der Waals surface area contributed by atoms with Crippen LogP contribution in [0.3, 0.4) is 0 Å². The molecule has 1 aliphatic rings. The lowest BCUT2D eigenvalue weighted by atomic mass is 9.77. The van der Waals surface area contributed by atoms with Crippen molar-refractivity contribution in [2.75, 3.05) is 6.61 Å². The summed E-state index contributed by atoms with van der Waals surface area (Å²) in [4.78, 5) is 12.1. The van der Waals surface area contributed by atoms with Crippen molar-refractivity contribution in [2.24, 2.45) is 0 Å². The van der Waals surface area contributed by atoms with Gasteiger partial charge in [-0.25, -0.2) is 13.2 Å². The summed E-state index contributed by atoms with van der Waals surface area (Å²) in [6.45, 7) is 2.88. The fourth-order valence-electron chi connectivity index (χ4n) is 3.38. The summed E-state index contributed by atoms with van der Waals surface area (Å²) >= 11 is 12.0. The van der Waals surface area contributed by atoms with Gasteiger partial charge in [0.2, 0.25) is 5.91 Å². The molecule has 1 N–H and O–H groups in total. The Bertz CT molecular complexity index is 929. The van der Waals surface area contributed by atoms with Gasteiger partial charge in [-0.05, 0) is 62.2 Å². The highest BCUT2D eigenvalue weighted by Crippen LogP contribution is 2.48. The normalized spacial score (nSPS) is 23.8. The Labute approximate surface area is 170 Å². The van der Waals surface area contributed by atoms with Crippen LogP contribution in [0.2, 0.25) is 10.0 Å². The van der Waals surface area contributed by atoms with Crippen molar-refractivity contribution in [3.05, 3.63) is 57.8 Å². The first kappa shape index (κ1) is 21.0. The van der Waals surface area contributed by atoms with E-state index in [0.29, 0.717) is 21.2 Å². The molecule has 1 fully saturated rings. The van der Waals surface area contributed by atoms with Crippen LogP contribution in [-0.4, -0.2) is 24.0 Å². The highest BCUT2D eigenvalue weighted by atomic mass is 35.5. The van der Waals surface area contributed by atoms with Crippen LogP contribution < -0.4 is 5.32 Å². The minimum absolute atomic E-state index is 0.349. The van der Waals surface area contributed by atoms with Crippen LogP contribution in [0.1, 0.15) is 26.3 Å². The molecular formula is C20H18Cl2F3NO2. The first-order valence-corrected chi connectivity index (χ1v) is 9.22. The van der Waals surface area contributed by atoms with Gasteiger partial charge in [0.1, 0.15) is 23.6 Å². The molecule has 0 spiro atoms. The predicted octanol–water partition coefficient (Wildman–Crippen LogP) is 5.58. The molecule has 1 aliphatic heterocycles. The molecule has 3 nitrogen and oxygen atoms in total. The quantitative estimate of drug-likeness (QED) is 0.674. The van der Waals surface area contributed by atoms with Gasteiger partial charge in [0.05, 0.1) is 0 Å². The van der Waals surface area contributed by atoms with Crippen LogP contribution in [0.25, 0.3) is 11.1 Å². The molecule has 0 aliphatic carbocycles. The smallest absolute Gasteiger partial charge is 0.302 e. The predicted molar refractivity (Wildman–Crippen MR) is 102 cm³/mol. The number of halogens is 5. The topological polar surface area (TPSA) is 38.3 Å². The molecule has 150 valence electrons. The van der Waals surface area contributed by atoms with Crippen LogP contribution >= 0.6 is 23.2 Å². The molecule has 28 heavy (non-hydrogen) atoms. The van der Waals surface area contributed by atoms with Crippen molar-refractivity contribution in [1.82, 2.24) is 5.32 Å². The lowest BCUT2D eigenvalue weighted by Crippen LogP contribution is -2.62. The van der Waals surface area contributed by atoms with Crippen LogP contribution in [0.15, 0.2) is 36.4 Å². The molecule has 0 bridgehead atoms. The summed E-state index contributed by atoms with van der Waals surface area (Å²) in [5, 5.41) is 2.95. The van der Waals surface area contributed by atoms with Crippen molar-refractivity contribution >= 4 is 29.1 Å². The Morgan fingerprint density at radius 3 is 2.21 bits per heavy atom. The summed E-state index contributed by atoms with van der Waals surface area (Å²) in [6, 6.07) is 8.48. The average Bonchev–Trinajstić information content (AvgIpc) is 2.64. The zero-order valence-corrected chi connectivity index (χ0v) is 16.9. The van der Waals surface area contributed by atoms with E-state index in [4.69, 9.17) is 27.9 Å². The van der Waals surface area contributed by atoms with E-state index in [1.807, 2.05) is 0 Å². The number of benzene rings is 2. The fourth-order valence-corrected chi connectivity index (χ4v) is 3.90. The van der Waals surface area contributed by atoms with E-state index in [1.54, 1.807) is 12.1 Å². The zero-order chi connectivity index (χ0) is 20.9. The van der Waals surface area contributed by atoms with E-state index in [1.165, 1.54) is 32.0 Å².